The van der Waals surface area contributed by atoms with E-state index >= 15 is 0 Å². The van der Waals surface area contributed by atoms with Crippen LogP contribution in [-0.4, -0.2) is 128 Å². The minimum Gasteiger partial charge on any atom is -0.464 e. The lowest BCUT2D eigenvalue weighted by Gasteiger charge is -2.29. The molecular weight excluding hydrogens is 1010 g/mol. The van der Waals surface area contributed by atoms with Crippen molar-refractivity contribution in [1.82, 2.24) is 9.80 Å². The number of likely N-dealkylation sites (N-methyl/N-ethyl adjacent to an activating group) is 2. The van der Waals surface area contributed by atoms with E-state index in [0.717, 1.165) is 73.6 Å². The van der Waals surface area contributed by atoms with E-state index in [0.29, 0.717) is 48.2 Å². The fourth-order valence-electron chi connectivity index (χ4n) is 9.75. The Balaban J connectivity index is 1.05. The zero-order valence-electron chi connectivity index (χ0n) is 49.5. The molecule has 0 amide bonds. The van der Waals surface area contributed by atoms with E-state index in [-0.39, 0.29) is 60.4 Å². The molecule has 14 heteroatoms. The molecule has 0 spiro atoms. The first-order valence-electron chi connectivity index (χ1n) is 28.8. The highest BCUT2D eigenvalue weighted by molar-refractivity contribution is 6.03. The normalized spacial score (nSPS) is 12.4. The summed E-state index contributed by atoms with van der Waals surface area (Å²) in [4.78, 5) is 80.3. The monoisotopic (exact) mass is 1100 g/mol. The van der Waals surface area contributed by atoms with E-state index < -0.39 is 22.4 Å². The van der Waals surface area contributed by atoms with Gasteiger partial charge in [0.25, 0.3) is 0 Å². The number of ketones is 4. The lowest BCUT2D eigenvalue weighted by Crippen LogP contribution is -2.32. The summed E-state index contributed by atoms with van der Waals surface area (Å²) in [5.74, 6) is -1.98. The number of carbonyl (C=O) groups excluding carboxylic acids is 6. The van der Waals surface area contributed by atoms with Crippen molar-refractivity contribution in [2.45, 2.75) is 193 Å². The molecule has 80 heavy (non-hydrogen) atoms. The van der Waals surface area contributed by atoms with Gasteiger partial charge in [-0.05, 0) is 105 Å². The Hall–Kier alpha value is -5.74. The van der Waals surface area contributed by atoms with Crippen molar-refractivity contribution in [3.63, 3.8) is 0 Å². The van der Waals surface area contributed by atoms with Crippen molar-refractivity contribution < 1.29 is 58.7 Å². The molecule has 0 heterocycles. The summed E-state index contributed by atoms with van der Waals surface area (Å²) >= 11 is 0. The van der Waals surface area contributed by atoms with Crippen molar-refractivity contribution in [1.29, 1.82) is 0 Å². The molecular formula is C66H92N2O12. The van der Waals surface area contributed by atoms with E-state index in [1.807, 2.05) is 72.4 Å². The molecule has 0 aliphatic heterocycles. The Morgan fingerprint density at radius 2 is 0.537 bits per heavy atom. The van der Waals surface area contributed by atoms with Gasteiger partial charge in [0, 0.05) is 48.2 Å². The number of nitrogens with zero attached hydrogens (tertiary/aromatic N) is 2. The highest BCUT2D eigenvalue weighted by Gasteiger charge is 2.30. The molecule has 4 aromatic rings. The minimum atomic E-state index is -1.51. The van der Waals surface area contributed by atoms with Gasteiger partial charge in [-0.2, -0.15) is 0 Å². The van der Waals surface area contributed by atoms with Crippen LogP contribution in [0, 0.1) is 0 Å². The molecule has 4 N–H and O–H groups in total. The number of hydrogen-bond donors (Lipinski definition) is 4. The fourth-order valence-corrected chi connectivity index (χ4v) is 9.75. The molecule has 0 radical (unpaired) electrons. The smallest absolute Gasteiger partial charge is 0.305 e. The maximum Gasteiger partial charge on any atom is 0.305 e. The molecule has 0 aliphatic carbocycles. The number of hydrogen-bond acceptors (Lipinski definition) is 14. The molecule has 4 rings (SSSR count). The summed E-state index contributed by atoms with van der Waals surface area (Å²) in [7, 11) is 3.85. The van der Waals surface area contributed by atoms with Gasteiger partial charge in [-0.15, -0.1) is 0 Å². The van der Waals surface area contributed by atoms with Crippen molar-refractivity contribution in [3.8, 4) is 0 Å². The lowest BCUT2D eigenvalue weighted by molar-refractivity contribution is -0.145. The predicted octanol–water partition coefficient (Wildman–Crippen LogP) is 11.6. The molecule has 0 saturated carbocycles. The summed E-state index contributed by atoms with van der Waals surface area (Å²) < 4.78 is 11.3. The average molecular weight is 1110 g/mol. The highest BCUT2D eigenvalue weighted by Crippen LogP contribution is 2.32. The van der Waals surface area contributed by atoms with Gasteiger partial charge in [-0.3, -0.25) is 38.6 Å². The van der Waals surface area contributed by atoms with Crippen molar-refractivity contribution >= 4 is 35.1 Å². The Morgan fingerprint density at radius 1 is 0.350 bits per heavy atom. The molecule has 438 valence electrons. The van der Waals surface area contributed by atoms with Gasteiger partial charge in [0.2, 0.25) is 0 Å². The van der Waals surface area contributed by atoms with Crippen LogP contribution in [0.2, 0.25) is 0 Å². The number of esters is 2. The zero-order valence-corrected chi connectivity index (χ0v) is 49.5. The molecule has 0 fully saturated rings. The molecule has 4 aromatic carbocycles. The van der Waals surface area contributed by atoms with Gasteiger partial charge in [0.15, 0.2) is 23.1 Å². The first-order valence-corrected chi connectivity index (χ1v) is 28.8. The van der Waals surface area contributed by atoms with Crippen LogP contribution in [0.1, 0.15) is 234 Å². The van der Waals surface area contributed by atoms with Gasteiger partial charge >= 0.3 is 11.9 Å². The quantitative estimate of drug-likeness (QED) is 0.0188. The van der Waals surface area contributed by atoms with Gasteiger partial charge in [-0.25, -0.2) is 0 Å². The van der Waals surface area contributed by atoms with Crippen molar-refractivity contribution in [2.75, 3.05) is 40.4 Å². The maximum atomic E-state index is 12.7. The number of carbonyl (C=O) groups is 6. The second-order valence-corrected chi connectivity index (χ2v) is 23.7. The second kappa shape index (κ2) is 31.5. The Kier molecular flexibility index (Phi) is 26.3. The predicted molar refractivity (Wildman–Crippen MR) is 313 cm³/mol. The lowest BCUT2D eigenvalue weighted by atomic mass is 9.91. The molecule has 0 atom stereocenters. The van der Waals surface area contributed by atoms with Crippen LogP contribution in [0.4, 0.5) is 0 Å². The van der Waals surface area contributed by atoms with Crippen LogP contribution >= 0.6 is 0 Å². The molecule has 14 nitrogen and oxygen atoms in total. The van der Waals surface area contributed by atoms with Crippen molar-refractivity contribution in [2.24, 2.45) is 0 Å². The summed E-state index contributed by atoms with van der Waals surface area (Å²) in [6, 6.07) is 27.7. The van der Waals surface area contributed by atoms with Crippen LogP contribution in [0.15, 0.2) is 97.1 Å². The standard InChI is InChI=1S/C66H92N2O12/c1-63(2,75)59(71)51-35-27-47(28-36-51)57(48-29-37-52(38-30-48)60(72)64(3,4)76)67(9)43-45-79-55(69)25-23-21-19-17-15-13-11-12-14-16-18-20-22-24-26-56(70)80-46-44-68(10)58(49-31-39-53(40-32-49)61(73)65(5,6)77)50-33-41-54(42-34-50)62(74)66(7,8)78/h27-42,57-58,75-78H,11-26,43-46H2,1-10H3. The fraction of sp³-hybridized carbons (Fsp3) is 0.545. The maximum absolute atomic E-state index is 12.7. The number of aliphatic hydroxyl groups is 4. The topological polar surface area (TPSA) is 208 Å². The Morgan fingerprint density at radius 3 is 0.725 bits per heavy atom. The molecule has 0 aromatic heterocycles. The van der Waals surface area contributed by atoms with E-state index in [2.05, 4.69) is 0 Å². The van der Waals surface area contributed by atoms with E-state index in [9.17, 15) is 49.2 Å². The molecule has 0 saturated heterocycles. The Bertz CT molecular complexity index is 2260. The van der Waals surface area contributed by atoms with E-state index in [1.54, 1.807) is 48.5 Å². The van der Waals surface area contributed by atoms with Crippen LogP contribution < -0.4 is 0 Å². The van der Waals surface area contributed by atoms with Crippen molar-refractivity contribution in [3.05, 3.63) is 142 Å². The van der Waals surface area contributed by atoms with E-state index in [4.69, 9.17) is 9.47 Å². The van der Waals surface area contributed by atoms with E-state index in [1.165, 1.54) is 93.9 Å². The summed E-state index contributed by atoms with van der Waals surface area (Å²) in [5, 5.41) is 41.0. The van der Waals surface area contributed by atoms with Gasteiger partial charge in [-0.1, -0.05) is 174 Å². The number of rotatable bonds is 37. The second-order valence-electron chi connectivity index (χ2n) is 23.7. The van der Waals surface area contributed by atoms with Crippen LogP contribution in [-0.2, 0) is 19.1 Å². The number of unbranched alkanes of at least 4 members (excludes halogenated alkanes) is 13. The third kappa shape index (κ3) is 22.0. The third-order valence-corrected chi connectivity index (χ3v) is 14.5. The SMILES string of the molecule is CN(CCOC(=O)CCCCCCCCCCCCCCCCC(=O)OCCN(C)C(c1ccc(C(=O)C(C)(C)O)cc1)c1ccc(C(=O)C(C)(C)O)cc1)C(c1ccc(C(=O)C(C)(C)O)cc1)c1ccc(C(=O)C(C)(C)O)cc1. The van der Waals surface area contributed by atoms with Crippen LogP contribution in [0.25, 0.3) is 0 Å². The van der Waals surface area contributed by atoms with Gasteiger partial charge in [0.05, 0.1) is 12.1 Å². The first-order chi connectivity index (χ1) is 37.6. The molecule has 0 bridgehead atoms. The van der Waals surface area contributed by atoms with Gasteiger partial charge < -0.3 is 29.9 Å². The largest absolute Gasteiger partial charge is 0.464 e. The third-order valence-electron chi connectivity index (χ3n) is 14.5. The zero-order chi connectivity index (χ0) is 59.3. The Labute approximate surface area is 476 Å². The number of benzene rings is 4. The average Bonchev–Trinajstić information content (AvgIpc) is 3.40. The van der Waals surface area contributed by atoms with Gasteiger partial charge in [0.1, 0.15) is 35.6 Å². The first kappa shape index (κ1) is 66.8. The van der Waals surface area contributed by atoms with Crippen LogP contribution in [0.3, 0.4) is 0 Å². The van der Waals surface area contributed by atoms with Crippen LogP contribution in [0.5, 0.6) is 0 Å². The number of Topliss-reactive ketones (excluding diaryl/α,β-unsaturated/α-hetero) is 4. The highest BCUT2D eigenvalue weighted by atomic mass is 16.5. The summed E-state index contributed by atoms with van der Waals surface area (Å²) in [5.41, 5.74) is -0.974. The minimum absolute atomic E-state index is 0.199. The summed E-state index contributed by atoms with van der Waals surface area (Å²) in [6.45, 7) is 12.9. The number of ether oxygens (including phenoxy) is 2. The molecule has 0 unspecified atom stereocenters. The summed E-state index contributed by atoms with van der Waals surface area (Å²) in [6.07, 6.45) is 16.0. The molecule has 0 aliphatic rings.